The molecule has 1 nitrogen and oxygen atoms in total. The maximum Gasteiger partial charge on any atom is 0.0344 e. The molecule has 2 rings (SSSR count). The Morgan fingerprint density at radius 1 is 1.33 bits per heavy atom. The van der Waals surface area contributed by atoms with Crippen LogP contribution in [0.2, 0.25) is 0 Å². The average molecular weight is 179 g/mol. The van der Waals surface area contributed by atoms with Crippen molar-refractivity contribution in [3.63, 3.8) is 0 Å². The molecule has 1 aromatic rings. The van der Waals surface area contributed by atoms with E-state index in [2.05, 4.69) is 48.3 Å². The molecule has 12 heavy (non-hydrogen) atoms. The van der Waals surface area contributed by atoms with E-state index in [4.69, 9.17) is 0 Å². The Bertz CT molecular complexity index is 256. The van der Waals surface area contributed by atoms with E-state index in [9.17, 15) is 0 Å². The standard InChI is InChI=1S/C10H13NS/c1-8-6-9-4-2-3-5-10(9)7-11(8)12/h2-5,8,12H,6-7H2,1H3. The number of rotatable bonds is 0. The lowest BCUT2D eigenvalue weighted by Crippen LogP contribution is -2.31. The van der Waals surface area contributed by atoms with Crippen LogP contribution in [-0.2, 0) is 13.0 Å². The van der Waals surface area contributed by atoms with Gasteiger partial charge in [-0.15, -0.1) is 0 Å². The summed E-state index contributed by atoms with van der Waals surface area (Å²) in [5.41, 5.74) is 2.90. The zero-order valence-electron chi connectivity index (χ0n) is 7.20. The molecule has 1 aliphatic rings. The molecule has 1 aliphatic heterocycles. The Hall–Kier alpha value is -0.470. The van der Waals surface area contributed by atoms with Crippen molar-refractivity contribution in [2.75, 3.05) is 0 Å². The Balaban J connectivity index is 2.34. The summed E-state index contributed by atoms with van der Waals surface area (Å²) >= 11 is 4.41. The molecule has 1 heterocycles. The summed E-state index contributed by atoms with van der Waals surface area (Å²) < 4.78 is 2.10. The van der Waals surface area contributed by atoms with Crippen molar-refractivity contribution < 1.29 is 0 Å². The Labute approximate surface area is 78.9 Å². The van der Waals surface area contributed by atoms with Crippen LogP contribution in [0.3, 0.4) is 0 Å². The molecule has 0 spiro atoms. The first-order chi connectivity index (χ1) is 5.77. The lowest BCUT2D eigenvalue weighted by atomic mass is 9.97. The minimum absolute atomic E-state index is 0.559. The van der Waals surface area contributed by atoms with Gasteiger partial charge in [-0.25, -0.2) is 4.31 Å². The van der Waals surface area contributed by atoms with Crippen molar-refractivity contribution in [2.24, 2.45) is 0 Å². The third-order valence-electron chi connectivity index (χ3n) is 2.47. The van der Waals surface area contributed by atoms with Gasteiger partial charge < -0.3 is 0 Å². The Kier molecular flexibility index (Phi) is 2.11. The van der Waals surface area contributed by atoms with E-state index in [-0.39, 0.29) is 0 Å². The molecular weight excluding hydrogens is 166 g/mol. The van der Waals surface area contributed by atoms with Crippen molar-refractivity contribution >= 4 is 12.8 Å². The molecule has 1 aromatic carbocycles. The zero-order chi connectivity index (χ0) is 8.55. The summed E-state index contributed by atoms with van der Waals surface area (Å²) in [6.45, 7) is 3.18. The fourth-order valence-corrected chi connectivity index (χ4v) is 1.90. The molecule has 0 fully saturated rings. The largest absolute Gasteiger partial charge is 0.246 e. The van der Waals surface area contributed by atoms with Crippen molar-refractivity contribution in [1.82, 2.24) is 4.31 Å². The van der Waals surface area contributed by atoms with Crippen molar-refractivity contribution in [3.05, 3.63) is 35.4 Å². The molecule has 0 amide bonds. The first-order valence-electron chi connectivity index (χ1n) is 4.29. The third kappa shape index (κ3) is 1.37. The van der Waals surface area contributed by atoms with E-state index in [1.54, 1.807) is 0 Å². The molecule has 2 heteroatoms. The Morgan fingerprint density at radius 2 is 2.00 bits per heavy atom. The van der Waals surface area contributed by atoms with Crippen LogP contribution >= 0.6 is 12.8 Å². The summed E-state index contributed by atoms with van der Waals surface area (Å²) in [7, 11) is 0. The van der Waals surface area contributed by atoms with Gasteiger partial charge in [0.2, 0.25) is 0 Å². The fraction of sp³-hybridized carbons (Fsp3) is 0.400. The maximum absolute atomic E-state index is 4.41. The molecule has 0 radical (unpaired) electrons. The SMILES string of the molecule is CC1Cc2ccccc2CN1S. The highest BCUT2D eigenvalue weighted by molar-refractivity contribution is 7.77. The van der Waals surface area contributed by atoms with E-state index >= 15 is 0 Å². The summed E-state index contributed by atoms with van der Waals surface area (Å²) in [4.78, 5) is 0. The molecule has 0 N–H and O–H groups in total. The van der Waals surface area contributed by atoms with Crippen LogP contribution in [0, 0.1) is 0 Å². The van der Waals surface area contributed by atoms with E-state index < -0.39 is 0 Å². The van der Waals surface area contributed by atoms with Gasteiger partial charge in [0.15, 0.2) is 0 Å². The van der Waals surface area contributed by atoms with Gasteiger partial charge in [-0.2, -0.15) is 0 Å². The summed E-state index contributed by atoms with van der Waals surface area (Å²) in [6.07, 6.45) is 1.12. The normalized spacial score (nSPS) is 23.7. The molecule has 0 aliphatic carbocycles. The van der Waals surface area contributed by atoms with E-state index in [1.165, 1.54) is 11.1 Å². The summed E-state index contributed by atoms with van der Waals surface area (Å²) in [5.74, 6) is 0. The van der Waals surface area contributed by atoms with Gasteiger partial charge in [0.25, 0.3) is 0 Å². The number of hydrogen-bond donors (Lipinski definition) is 1. The molecule has 64 valence electrons. The van der Waals surface area contributed by atoms with Gasteiger partial charge in [0.1, 0.15) is 0 Å². The number of fused-ring (bicyclic) bond motifs is 1. The van der Waals surface area contributed by atoms with Crippen molar-refractivity contribution in [2.45, 2.75) is 25.9 Å². The topological polar surface area (TPSA) is 3.24 Å². The number of thiol groups is 1. The third-order valence-corrected chi connectivity index (χ3v) is 3.01. The molecule has 0 bridgehead atoms. The van der Waals surface area contributed by atoms with Crippen molar-refractivity contribution in [1.29, 1.82) is 0 Å². The number of nitrogens with zero attached hydrogens (tertiary/aromatic N) is 1. The zero-order valence-corrected chi connectivity index (χ0v) is 8.09. The first kappa shape index (κ1) is 8.14. The van der Waals surface area contributed by atoms with Crippen molar-refractivity contribution in [3.8, 4) is 0 Å². The van der Waals surface area contributed by atoms with Gasteiger partial charge in [-0.3, -0.25) is 0 Å². The summed E-state index contributed by atoms with van der Waals surface area (Å²) in [5, 5.41) is 0. The highest BCUT2D eigenvalue weighted by Gasteiger charge is 2.19. The second-order valence-electron chi connectivity index (χ2n) is 3.42. The number of hydrogen-bond acceptors (Lipinski definition) is 2. The predicted molar refractivity (Wildman–Crippen MR) is 54.1 cm³/mol. The van der Waals surface area contributed by atoms with E-state index in [0.29, 0.717) is 6.04 Å². The lowest BCUT2D eigenvalue weighted by Gasteiger charge is -2.30. The molecular formula is C10H13NS. The second kappa shape index (κ2) is 3.11. The van der Waals surface area contributed by atoms with Crippen LogP contribution in [0.4, 0.5) is 0 Å². The van der Waals surface area contributed by atoms with Gasteiger partial charge in [0, 0.05) is 12.6 Å². The monoisotopic (exact) mass is 179 g/mol. The van der Waals surface area contributed by atoms with Crippen LogP contribution < -0.4 is 0 Å². The van der Waals surface area contributed by atoms with Crippen LogP contribution in [0.1, 0.15) is 18.1 Å². The smallest absolute Gasteiger partial charge is 0.0344 e. The fourth-order valence-electron chi connectivity index (χ4n) is 1.66. The van der Waals surface area contributed by atoms with Crippen LogP contribution in [-0.4, -0.2) is 10.3 Å². The quantitative estimate of drug-likeness (QED) is 0.598. The van der Waals surface area contributed by atoms with Gasteiger partial charge in [-0.1, -0.05) is 37.1 Å². The minimum atomic E-state index is 0.559. The number of benzene rings is 1. The average Bonchev–Trinajstić information content (AvgIpc) is 2.07. The molecule has 1 unspecified atom stereocenters. The minimum Gasteiger partial charge on any atom is -0.246 e. The van der Waals surface area contributed by atoms with E-state index in [1.807, 2.05) is 0 Å². The Morgan fingerprint density at radius 3 is 2.75 bits per heavy atom. The molecule has 0 aromatic heterocycles. The first-order valence-corrected chi connectivity index (χ1v) is 4.69. The summed E-state index contributed by atoms with van der Waals surface area (Å²) in [6, 6.07) is 9.16. The maximum atomic E-state index is 4.41. The predicted octanol–water partition coefficient (Wildman–Crippen LogP) is 2.28. The van der Waals surface area contributed by atoms with Crippen LogP contribution in [0.15, 0.2) is 24.3 Å². The highest BCUT2D eigenvalue weighted by Crippen LogP contribution is 2.23. The van der Waals surface area contributed by atoms with Crippen LogP contribution in [0.5, 0.6) is 0 Å². The van der Waals surface area contributed by atoms with Crippen LogP contribution in [0.25, 0.3) is 0 Å². The highest BCUT2D eigenvalue weighted by atomic mass is 32.1. The molecule has 0 saturated carbocycles. The van der Waals surface area contributed by atoms with Gasteiger partial charge in [-0.05, 0) is 24.5 Å². The van der Waals surface area contributed by atoms with Gasteiger partial charge >= 0.3 is 0 Å². The van der Waals surface area contributed by atoms with Gasteiger partial charge in [0.05, 0.1) is 0 Å². The lowest BCUT2D eigenvalue weighted by molar-refractivity contribution is 0.347. The molecule has 1 atom stereocenters. The molecule has 0 saturated heterocycles. The second-order valence-corrected chi connectivity index (χ2v) is 3.93. The van der Waals surface area contributed by atoms with E-state index in [0.717, 1.165) is 13.0 Å².